The van der Waals surface area contributed by atoms with Crippen molar-refractivity contribution in [2.24, 2.45) is 0 Å². The molecule has 8 nitrogen and oxygen atoms in total. The Morgan fingerprint density at radius 2 is 1.61 bits per heavy atom. The van der Waals surface area contributed by atoms with E-state index in [9.17, 15) is 18.0 Å². The van der Waals surface area contributed by atoms with E-state index in [4.69, 9.17) is 4.74 Å². The molecule has 0 unspecified atom stereocenters. The number of nitrogens with one attached hydrogen (secondary N) is 2. The number of halogens is 3. The van der Waals surface area contributed by atoms with Crippen molar-refractivity contribution in [1.29, 1.82) is 0 Å². The maximum Gasteiger partial charge on any atom is 0.419 e. The smallest absolute Gasteiger partial charge is 0.419 e. The second kappa shape index (κ2) is 9.92. The lowest BCUT2D eigenvalue weighted by atomic mass is 10.1. The van der Waals surface area contributed by atoms with Crippen LogP contribution in [-0.4, -0.2) is 31.8 Å². The molecule has 0 saturated heterocycles. The van der Waals surface area contributed by atoms with E-state index in [2.05, 4.69) is 20.7 Å². The van der Waals surface area contributed by atoms with Crippen LogP contribution in [0.15, 0.2) is 79.0 Å². The highest BCUT2D eigenvalue weighted by Gasteiger charge is 2.35. The van der Waals surface area contributed by atoms with Gasteiger partial charge in [-0.05, 0) is 38.1 Å². The minimum absolute atomic E-state index is 0.0864. The third-order valence-electron chi connectivity index (χ3n) is 5.83. The van der Waals surface area contributed by atoms with Crippen LogP contribution in [0.1, 0.15) is 18.1 Å². The summed E-state index contributed by atoms with van der Waals surface area (Å²) >= 11 is 0. The van der Waals surface area contributed by atoms with E-state index in [-0.39, 0.29) is 17.2 Å². The summed E-state index contributed by atoms with van der Waals surface area (Å²) in [6.07, 6.45) is -3.21. The lowest BCUT2D eigenvalue weighted by Crippen LogP contribution is -2.23. The molecule has 0 spiro atoms. The van der Waals surface area contributed by atoms with E-state index in [1.807, 2.05) is 37.3 Å². The third kappa shape index (κ3) is 4.65. The van der Waals surface area contributed by atoms with Crippen molar-refractivity contribution in [3.8, 4) is 22.8 Å². The third-order valence-corrected chi connectivity index (χ3v) is 5.83. The highest BCUT2D eigenvalue weighted by molar-refractivity contribution is 6.02. The minimum atomic E-state index is -4.63. The number of nitrogens with zero attached hydrogens (tertiary/aromatic N) is 4. The Hall–Kier alpha value is -4.80. The second-order valence-corrected chi connectivity index (χ2v) is 8.33. The molecule has 0 aliphatic heterocycles. The first-order valence-corrected chi connectivity index (χ1v) is 11.8. The second-order valence-electron chi connectivity index (χ2n) is 8.33. The van der Waals surface area contributed by atoms with Gasteiger partial charge in [0.1, 0.15) is 17.3 Å². The summed E-state index contributed by atoms with van der Waals surface area (Å²) < 4.78 is 49.6. The Bertz CT molecular complexity index is 1590. The van der Waals surface area contributed by atoms with E-state index in [1.165, 1.54) is 21.3 Å². The predicted octanol–water partition coefficient (Wildman–Crippen LogP) is 6.56. The Kier molecular flexibility index (Phi) is 6.50. The molecule has 0 radical (unpaired) electrons. The zero-order valence-corrected chi connectivity index (χ0v) is 20.5. The number of para-hydroxylation sites is 1. The number of rotatable bonds is 6. The van der Waals surface area contributed by atoms with Gasteiger partial charge in [-0.25, -0.2) is 14.5 Å². The van der Waals surface area contributed by atoms with Crippen LogP contribution in [0, 0.1) is 6.92 Å². The summed E-state index contributed by atoms with van der Waals surface area (Å²) in [7, 11) is 0. The monoisotopic (exact) mass is 520 g/mol. The van der Waals surface area contributed by atoms with Crippen LogP contribution >= 0.6 is 0 Å². The average Bonchev–Trinajstić information content (AvgIpc) is 3.42. The molecule has 3 heterocycles. The number of hydrogen-bond acceptors (Lipinski definition) is 4. The molecule has 0 bridgehead atoms. The van der Waals surface area contributed by atoms with Gasteiger partial charge in [-0.3, -0.25) is 15.0 Å². The molecule has 194 valence electrons. The number of benzene rings is 2. The van der Waals surface area contributed by atoms with E-state index >= 15 is 0 Å². The van der Waals surface area contributed by atoms with Gasteiger partial charge < -0.3 is 4.74 Å². The molecule has 2 amide bonds. The number of imidazole rings is 1. The number of pyridine rings is 1. The normalized spacial score (nSPS) is 11.5. The number of fused-ring (bicyclic) bond motifs is 1. The molecule has 0 aliphatic carbocycles. The molecule has 3 aromatic heterocycles. The molecular formula is C27H23F3N6O2. The van der Waals surface area contributed by atoms with Gasteiger partial charge in [0.15, 0.2) is 5.65 Å². The number of alkyl halides is 3. The maximum absolute atomic E-state index is 13.8. The van der Waals surface area contributed by atoms with Crippen LogP contribution < -0.4 is 15.4 Å². The highest BCUT2D eigenvalue weighted by atomic mass is 19.4. The number of aromatic nitrogens is 4. The van der Waals surface area contributed by atoms with Crippen LogP contribution in [0.3, 0.4) is 0 Å². The van der Waals surface area contributed by atoms with Gasteiger partial charge in [-0.1, -0.05) is 48.5 Å². The Morgan fingerprint density at radius 1 is 0.947 bits per heavy atom. The topological polar surface area (TPSA) is 85.5 Å². The van der Waals surface area contributed by atoms with Gasteiger partial charge in [0.05, 0.1) is 23.4 Å². The number of urea groups is 1. The van der Waals surface area contributed by atoms with Crippen molar-refractivity contribution in [1.82, 2.24) is 19.2 Å². The van der Waals surface area contributed by atoms with Gasteiger partial charge in [-0.2, -0.15) is 13.2 Å². The summed E-state index contributed by atoms with van der Waals surface area (Å²) in [6, 6.07) is 19.4. The summed E-state index contributed by atoms with van der Waals surface area (Å²) in [5.41, 5.74) is 0.783. The fourth-order valence-electron chi connectivity index (χ4n) is 4.10. The number of anilines is 2. The molecule has 0 fully saturated rings. The first kappa shape index (κ1) is 24.9. The van der Waals surface area contributed by atoms with Crippen LogP contribution in [0.25, 0.3) is 22.6 Å². The molecule has 2 aromatic carbocycles. The number of carbonyl (C=O) groups excluding carboxylic acids is 1. The van der Waals surface area contributed by atoms with Gasteiger partial charge in [0.25, 0.3) is 0 Å². The first-order valence-electron chi connectivity index (χ1n) is 11.8. The van der Waals surface area contributed by atoms with Crippen LogP contribution in [0.5, 0.6) is 5.88 Å². The molecule has 38 heavy (non-hydrogen) atoms. The molecule has 5 aromatic rings. The largest absolute Gasteiger partial charge is 0.477 e. The first-order chi connectivity index (χ1) is 18.3. The molecule has 2 N–H and O–H groups in total. The average molecular weight is 521 g/mol. The van der Waals surface area contributed by atoms with Crippen LogP contribution in [-0.2, 0) is 6.18 Å². The van der Waals surface area contributed by atoms with Crippen LogP contribution in [0.4, 0.5) is 29.6 Å². The molecule has 5 rings (SSSR count). The summed E-state index contributed by atoms with van der Waals surface area (Å²) in [4.78, 5) is 17.6. The lowest BCUT2D eigenvalue weighted by Gasteiger charge is -2.12. The Morgan fingerprint density at radius 3 is 2.26 bits per heavy atom. The zero-order chi connectivity index (χ0) is 26.9. The zero-order valence-electron chi connectivity index (χ0n) is 20.5. The molecule has 0 atom stereocenters. The Labute approximate surface area is 215 Å². The van der Waals surface area contributed by atoms with Crippen molar-refractivity contribution >= 4 is 23.3 Å². The Balaban J connectivity index is 1.57. The van der Waals surface area contributed by atoms with Crippen molar-refractivity contribution in [2.75, 3.05) is 17.2 Å². The summed E-state index contributed by atoms with van der Waals surface area (Å²) in [5.74, 6) is 0.785. The van der Waals surface area contributed by atoms with Gasteiger partial charge in [0, 0.05) is 11.8 Å². The SMILES string of the molecule is CCOc1nn(-c2ccccc2)c(NC(=O)Nc2c(-c3ccccc3)nc3c(C(F)(F)F)cccn23)c1C. The number of hydrogen-bond donors (Lipinski definition) is 2. The van der Waals surface area contributed by atoms with Gasteiger partial charge >= 0.3 is 12.2 Å². The molecule has 11 heteroatoms. The predicted molar refractivity (Wildman–Crippen MR) is 138 cm³/mol. The van der Waals surface area contributed by atoms with E-state index < -0.39 is 17.8 Å². The highest BCUT2D eigenvalue weighted by Crippen LogP contribution is 2.36. The number of ether oxygens (including phenoxy) is 1. The van der Waals surface area contributed by atoms with Crippen molar-refractivity contribution in [3.63, 3.8) is 0 Å². The minimum Gasteiger partial charge on any atom is -0.477 e. The van der Waals surface area contributed by atoms with Crippen molar-refractivity contribution in [2.45, 2.75) is 20.0 Å². The molecular weight excluding hydrogens is 497 g/mol. The van der Waals surface area contributed by atoms with Crippen molar-refractivity contribution < 1.29 is 22.7 Å². The van der Waals surface area contributed by atoms with Crippen LogP contribution in [0.2, 0.25) is 0 Å². The van der Waals surface area contributed by atoms with E-state index in [0.717, 1.165) is 6.07 Å². The van der Waals surface area contributed by atoms with E-state index in [1.54, 1.807) is 37.3 Å². The van der Waals surface area contributed by atoms with Gasteiger partial charge in [0.2, 0.25) is 5.88 Å². The lowest BCUT2D eigenvalue weighted by molar-refractivity contribution is -0.136. The van der Waals surface area contributed by atoms with Gasteiger partial charge in [-0.15, -0.1) is 5.10 Å². The number of amides is 2. The standard InChI is InChI=1S/C27H23F3N6O2/c1-3-38-25-17(2)22(36(34-25)19-13-8-5-9-14-19)32-26(37)33-24-21(18-11-6-4-7-12-18)31-23-20(27(28,29)30)15-10-16-35(23)24/h4-16H,3H2,1-2H3,(H2,32,33,37). The molecule has 0 aliphatic rings. The maximum atomic E-state index is 13.8. The summed E-state index contributed by atoms with van der Waals surface area (Å²) in [5, 5.41) is 9.98. The number of carbonyl (C=O) groups is 1. The van der Waals surface area contributed by atoms with Crippen molar-refractivity contribution in [3.05, 3.63) is 90.1 Å². The summed E-state index contributed by atoms with van der Waals surface area (Å²) in [6.45, 7) is 3.96. The molecule has 0 saturated carbocycles. The van der Waals surface area contributed by atoms with E-state index in [0.29, 0.717) is 35.1 Å². The fraction of sp³-hybridized carbons (Fsp3) is 0.148. The quantitative estimate of drug-likeness (QED) is 0.266. The fourth-order valence-corrected chi connectivity index (χ4v) is 4.10.